The lowest BCUT2D eigenvalue weighted by Crippen LogP contribution is -2.31. The Bertz CT molecular complexity index is 390. The molecule has 1 heterocycles. The summed E-state index contributed by atoms with van der Waals surface area (Å²) in [7, 11) is 0. The number of nitrogens with one attached hydrogen (secondary N) is 2. The monoisotopic (exact) mass is 244 g/mol. The summed E-state index contributed by atoms with van der Waals surface area (Å²) in [5.74, 6) is -2.52. The SMILES string of the molecule is Fc1cc(F)c(F)c(NCC2CCNCC2)c1. The van der Waals surface area contributed by atoms with Crippen LogP contribution in [0.2, 0.25) is 0 Å². The van der Waals surface area contributed by atoms with E-state index in [1.165, 1.54) is 0 Å². The predicted molar refractivity (Wildman–Crippen MR) is 60.4 cm³/mol. The predicted octanol–water partition coefficient (Wildman–Crippen LogP) is 2.52. The number of benzene rings is 1. The van der Waals surface area contributed by atoms with Crippen LogP contribution in [-0.4, -0.2) is 19.6 Å². The Morgan fingerprint density at radius 1 is 1.18 bits per heavy atom. The van der Waals surface area contributed by atoms with Crippen molar-refractivity contribution in [2.45, 2.75) is 12.8 Å². The van der Waals surface area contributed by atoms with Gasteiger partial charge in [-0.2, -0.15) is 0 Å². The van der Waals surface area contributed by atoms with Gasteiger partial charge in [0.2, 0.25) is 0 Å². The van der Waals surface area contributed by atoms with Crippen LogP contribution in [0, 0.1) is 23.4 Å². The van der Waals surface area contributed by atoms with Gasteiger partial charge in [-0.1, -0.05) is 0 Å². The fraction of sp³-hybridized carbons (Fsp3) is 0.500. The van der Waals surface area contributed by atoms with Gasteiger partial charge < -0.3 is 10.6 Å². The van der Waals surface area contributed by atoms with Crippen molar-refractivity contribution < 1.29 is 13.2 Å². The van der Waals surface area contributed by atoms with Crippen LogP contribution in [0.1, 0.15) is 12.8 Å². The summed E-state index contributed by atoms with van der Waals surface area (Å²) in [6, 6.07) is 1.53. The first-order chi connectivity index (χ1) is 8.16. The third-order valence-corrected chi connectivity index (χ3v) is 3.03. The van der Waals surface area contributed by atoms with Crippen LogP contribution in [-0.2, 0) is 0 Å². The van der Waals surface area contributed by atoms with Crippen LogP contribution in [0.15, 0.2) is 12.1 Å². The van der Waals surface area contributed by atoms with E-state index in [0.29, 0.717) is 18.5 Å². The highest BCUT2D eigenvalue weighted by Crippen LogP contribution is 2.20. The van der Waals surface area contributed by atoms with Crippen LogP contribution in [0.5, 0.6) is 0 Å². The molecule has 1 aromatic carbocycles. The average Bonchev–Trinajstić information content (AvgIpc) is 2.33. The number of halogens is 3. The summed E-state index contributed by atoms with van der Waals surface area (Å²) in [6.07, 6.45) is 1.98. The number of hydrogen-bond donors (Lipinski definition) is 2. The Hall–Kier alpha value is -1.23. The zero-order valence-corrected chi connectivity index (χ0v) is 9.40. The Kier molecular flexibility index (Phi) is 3.89. The highest BCUT2D eigenvalue weighted by Gasteiger charge is 2.15. The lowest BCUT2D eigenvalue weighted by molar-refractivity contribution is 0.389. The number of anilines is 1. The smallest absolute Gasteiger partial charge is 0.182 e. The minimum Gasteiger partial charge on any atom is -0.382 e. The fourth-order valence-corrected chi connectivity index (χ4v) is 2.02. The van der Waals surface area contributed by atoms with Crippen LogP contribution in [0.4, 0.5) is 18.9 Å². The molecule has 1 aliphatic heterocycles. The molecule has 1 saturated heterocycles. The first-order valence-corrected chi connectivity index (χ1v) is 5.76. The van der Waals surface area contributed by atoms with Gasteiger partial charge in [-0.3, -0.25) is 0 Å². The molecule has 0 saturated carbocycles. The Morgan fingerprint density at radius 2 is 1.88 bits per heavy atom. The summed E-state index contributed by atoms with van der Waals surface area (Å²) in [6.45, 7) is 2.42. The van der Waals surface area contributed by atoms with Crippen LogP contribution in [0.25, 0.3) is 0 Å². The van der Waals surface area contributed by atoms with Crippen molar-refractivity contribution in [3.63, 3.8) is 0 Å². The molecule has 0 atom stereocenters. The number of hydrogen-bond acceptors (Lipinski definition) is 2. The van der Waals surface area contributed by atoms with Crippen molar-refractivity contribution in [1.82, 2.24) is 5.32 Å². The molecule has 0 aliphatic carbocycles. The zero-order chi connectivity index (χ0) is 12.3. The van der Waals surface area contributed by atoms with Crippen molar-refractivity contribution in [2.75, 3.05) is 25.0 Å². The first kappa shape index (κ1) is 12.2. The largest absolute Gasteiger partial charge is 0.382 e. The molecule has 0 spiro atoms. The third-order valence-electron chi connectivity index (χ3n) is 3.03. The summed E-state index contributed by atoms with van der Waals surface area (Å²) in [5.41, 5.74) is -0.0963. The van der Waals surface area contributed by atoms with Gasteiger partial charge in [-0.15, -0.1) is 0 Å². The zero-order valence-electron chi connectivity index (χ0n) is 9.40. The second kappa shape index (κ2) is 5.40. The summed E-state index contributed by atoms with van der Waals surface area (Å²) >= 11 is 0. The molecule has 0 amide bonds. The average molecular weight is 244 g/mol. The quantitative estimate of drug-likeness (QED) is 0.798. The van der Waals surface area contributed by atoms with Gasteiger partial charge in [-0.25, -0.2) is 13.2 Å². The topological polar surface area (TPSA) is 24.1 Å². The first-order valence-electron chi connectivity index (χ1n) is 5.76. The molecule has 2 N–H and O–H groups in total. The molecule has 1 aliphatic rings. The van der Waals surface area contributed by atoms with E-state index in [4.69, 9.17) is 0 Å². The lowest BCUT2D eigenvalue weighted by Gasteiger charge is -2.23. The molecular weight excluding hydrogens is 229 g/mol. The van der Waals surface area contributed by atoms with E-state index in [1.54, 1.807) is 0 Å². The highest BCUT2D eigenvalue weighted by molar-refractivity contribution is 5.45. The molecule has 2 nitrogen and oxygen atoms in total. The molecule has 0 radical (unpaired) electrons. The van der Waals surface area contributed by atoms with E-state index < -0.39 is 17.5 Å². The number of rotatable bonds is 3. The van der Waals surface area contributed by atoms with Crippen molar-refractivity contribution in [3.05, 3.63) is 29.6 Å². The standard InChI is InChI=1S/C12H15F3N2/c13-9-5-10(14)12(15)11(6-9)17-7-8-1-3-16-4-2-8/h5-6,8,16-17H,1-4,7H2. The minimum absolute atomic E-state index is 0.0963. The van der Waals surface area contributed by atoms with Crippen molar-refractivity contribution in [1.29, 1.82) is 0 Å². The molecule has 17 heavy (non-hydrogen) atoms. The van der Waals surface area contributed by atoms with Gasteiger partial charge in [0.05, 0.1) is 5.69 Å². The number of piperidine rings is 1. The fourth-order valence-electron chi connectivity index (χ4n) is 2.02. The Labute approximate surface area is 98.2 Å². The molecule has 1 fully saturated rings. The Balaban J connectivity index is 1.98. The van der Waals surface area contributed by atoms with E-state index in [1.807, 2.05) is 0 Å². The minimum atomic E-state index is -1.15. The van der Waals surface area contributed by atoms with E-state index >= 15 is 0 Å². The second-order valence-corrected chi connectivity index (χ2v) is 4.32. The molecule has 1 aromatic rings. The van der Waals surface area contributed by atoms with Crippen LogP contribution in [0.3, 0.4) is 0 Å². The van der Waals surface area contributed by atoms with Gasteiger partial charge >= 0.3 is 0 Å². The van der Waals surface area contributed by atoms with Gasteiger partial charge in [-0.05, 0) is 31.8 Å². The summed E-state index contributed by atoms with van der Waals surface area (Å²) in [5, 5.41) is 6.00. The maximum Gasteiger partial charge on any atom is 0.182 e. The van der Waals surface area contributed by atoms with Gasteiger partial charge in [0.15, 0.2) is 11.6 Å². The van der Waals surface area contributed by atoms with Gasteiger partial charge in [0, 0.05) is 18.7 Å². The molecule has 2 rings (SSSR count). The van der Waals surface area contributed by atoms with Crippen LogP contribution < -0.4 is 10.6 Å². The normalized spacial score (nSPS) is 17.1. The summed E-state index contributed by atoms with van der Waals surface area (Å²) in [4.78, 5) is 0. The molecular formula is C12H15F3N2. The van der Waals surface area contributed by atoms with Crippen LogP contribution >= 0.6 is 0 Å². The maximum atomic E-state index is 13.3. The van der Waals surface area contributed by atoms with E-state index in [0.717, 1.165) is 32.0 Å². The molecule has 94 valence electrons. The summed E-state index contributed by atoms with van der Waals surface area (Å²) < 4.78 is 39.2. The molecule has 0 bridgehead atoms. The third kappa shape index (κ3) is 3.12. The lowest BCUT2D eigenvalue weighted by atomic mass is 9.98. The van der Waals surface area contributed by atoms with Crippen molar-refractivity contribution in [3.8, 4) is 0 Å². The Morgan fingerprint density at radius 3 is 2.59 bits per heavy atom. The second-order valence-electron chi connectivity index (χ2n) is 4.32. The maximum absolute atomic E-state index is 13.3. The van der Waals surface area contributed by atoms with E-state index in [2.05, 4.69) is 10.6 Å². The van der Waals surface area contributed by atoms with Crippen molar-refractivity contribution in [2.24, 2.45) is 5.92 Å². The molecule has 0 unspecified atom stereocenters. The molecule has 0 aromatic heterocycles. The van der Waals surface area contributed by atoms with Gasteiger partial charge in [0.25, 0.3) is 0 Å². The van der Waals surface area contributed by atoms with E-state index in [9.17, 15) is 13.2 Å². The molecule has 5 heteroatoms. The van der Waals surface area contributed by atoms with Crippen molar-refractivity contribution >= 4 is 5.69 Å². The highest BCUT2D eigenvalue weighted by atomic mass is 19.2. The van der Waals surface area contributed by atoms with E-state index in [-0.39, 0.29) is 5.69 Å². The van der Waals surface area contributed by atoms with Gasteiger partial charge in [0.1, 0.15) is 5.82 Å².